The van der Waals surface area contributed by atoms with Crippen LogP contribution in [0.1, 0.15) is 38.7 Å². The van der Waals surface area contributed by atoms with Crippen LogP contribution in [0.2, 0.25) is 5.02 Å². The molecule has 1 saturated carbocycles. The van der Waals surface area contributed by atoms with Gasteiger partial charge in [-0.05, 0) is 57.0 Å². The number of hydrogen-bond donors (Lipinski definition) is 1. The van der Waals surface area contributed by atoms with Crippen molar-refractivity contribution in [3.8, 4) is 28.6 Å². The van der Waals surface area contributed by atoms with Gasteiger partial charge in [-0.1, -0.05) is 28.9 Å². The van der Waals surface area contributed by atoms with Gasteiger partial charge in [-0.25, -0.2) is 0 Å². The van der Waals surface area contributed by atoms with Crippen LogP contribution >= 0.6 is 11.6 Å². The minimum absolute atomic E-state index is 0.0107. The van der Waals surface area contributed by atoms with Crippen LogP contribution in [0.5, 0.6) is 5.75 Å². The van der Waals surface area contributed by atoms with Gasteiger partial charge in [0.15, 0.2) is 0 Å². The van der Waals surface area contributed by atoms with Crippen molar-refractivity contribution < 1.29 is 19.2 Å². The Bertz CT molecular complexity index is 1390. The Morgan fingerprint density at radius 3 is 2.79 bits per heavy atom. The molecule has 8 heteroatoms. The molecule has 7 nitrogen and oxygen atoms in total. The van der Waals surface area contributed by atoms with Crippen LogP contribution in [0, 0.1) is 5.41 Å². The molecule has 0 amide bonds. The molecular weight excluding hydrogens is 442 g/mol. The van der Waals surface area contributed by atoms with Crippen LogP contribution in [0.3, 0.4) is 0 Å². The fourth-order valence-corrected chi connectivity index (χ4v) is 4.67. The lowest BCUT2D eigenvalue weighted by Crippen LogP contribution is -2.12. The summed E-state index contributed by atoms with van der Waals surface area (Å²) in [5, 5.41) is 15.3. The summed E-state index contributed by atoms with van der Waals surface area (Å²) in [6, 6.07) is 11.3. The molecule has 170 valence electrons. The van der Waals surface area contributed by atoms with Gasteiger partial charge >= 0.3 is 5.97 Å². The molecule has 2 unspecified atom stereocenters. The molecule has 0 radical (unpaired) electrons. The number of benzene rings is 2. The Balaban J connectivity index is 1.52. The van der Waals surface area contributed by atoms with Crippen LogP contribution in [-0.4, -0.2) is 31.9 Å². The van der Waals surface area contributed by atoms with Gasteiger partial charge in [0.2, 0.25) is 5.82 Å². The summed E-state index contributed by atoms with van der Waals surface area (Å²) in [5.41, 5.74) is 2.78. The summed E-state index contributed by atoms with van der Waals surface area (Å²) in [6.45, 7) is 5.68. The summed E-state index contributed by atoms with van der Waals surface area (Å²) in [4.78, 5) is 16.3. The second-order valence-electron chi connectivity index (χ2n) is 9.11. The summed E-state index contributed by atoms with van der Waals surface area (Å²) >= 11 is 6.37. The van der Waals surface area contributed by atoms with Crippen molar-refractivity contribution >= 4 is 28.5 Å². The lowest BCUT2D eigenvalue weighted by atomic mass is 9.99. The van der Waals surface area contributed by atoms with Crippen molar-refractivity contribution in [2.24, 2.45) is 12.5 Å². The topological polar surface area (TPSA) is 90.4 Å². The van der Waals surface area contributed by atoms with E-state index in [1.807, 2.05) is 55.9 Å². The van der Waals surface area contributed by atoms with Crippen molar-refractivity contribution in [3.05, 3.63) is 53.2 Å². The van der Waals surface area contributed by atoms with Gasteiger partial charge in [0.05, 0.1) is 22.1 Å². The van der Waals surface area contributed by atoms with Crippen LogP contribution < -0.4 is 4.74 Å². The Labute approximate surface area is 195 Å². The standard InChI is InChI=1S/C25H24ClN3O4/c1-13(2)32-20-9-8-14(10-19(20)26)23-27-22(28-33-23)16-7-5-6-15-17(12-29(4)21(15)16)18-11-25(18,3)24(30)31/h5-10,12-13,18H,11H2,1-4H3,(H,30,31). The van der Waals surface area contributed by atoms with Crippen LogP contribution in [-0.2, 0) is 11.8 Å². The zero-order valence-electron chi connectivity index (χ0n) is 18.8. The number of halogens is 1. The molecule has 2 aromatic carbocycles. The highest BCUT2D eigenvalue weighted by Gasteiger charge is 2.57. The molecule has 33 heavy (non-hydrogen) atoms. The quantitative estimate of drug-likeness (QED) is 0.380. The first-order valence-corrected chi connectivity index (χ1v) is 11.2. The van der Waals surface area contributed by atoms with E-state index in [9.17, 15) is 9.90 Å². The van der Waals surface area contributed by atoms with Crippen molar-refractivity contribution in [3.63, 3.8) is 0 Å². The van der Waals surface area contributed by atoms with E-state index in [2.05, 4.69) is 10.1 Å². The fraction of sp³-hybridized carbons (Fsp3) is 0.320. The zero-order chi connectivity index (χ0) is 23.5. The van der Waals surface area contributed by atoms with E-state index >= 15 is 0 Å². The van der Waals surface area contributed by atoms with Crippen molar-refractivity contribution in [2.45, 2.75) is 39.2 Å². The third-order valence-corrected chi connectivity index (χ3v) is 6.64. The van der Waals surface area contributed by atoms with E-state index in [1.54, 1.807) is 19.1 Å². The fourth-order valence-electron chi connectivity index (χ4n) is 4.45. The van der Waals surface area contributed by atoms with Gasteiger partial charge in [-0.2, -0.15) is 4.98 Å². The Morgan fingerprint density at radius 1 is 1.33 bits per heavy atom. The molecule has 2 heterocycles. The molecule has 5 rings (SSSR count). The minimum atomic E-state index is -0.757. The molecule has 0 bridgehead atoms. The number of hydrogen-bond acceptors (Lipinski definition) is 5. The minimum Gasteiger partial charge on any atom is -0.489 e. The number of para-hydroxylation sites is 1. The van der Waals surface area contributed by atoms with Crippen LogP contribution in [0.4, 0.5) is 0 Å². The van der Waals surface area contributed by atoms with Gasteiger partial charge in [-0.15, -0.1) is 0 Å². The average Bonchev–Trinajstić information content (AvgIpc) is 3.10. The first-order chi connectivity index (χ1) is 15.7. The second kappa shape index (κ2) is 7.63. The first kappa shape index (κ1) is 21.5. The first-order valence-electron chi connectivity index (χ1n) is 10.8. The molecule has 1 fully saturated rings. The highest BCUT2D eigenvalue weighted by molar-refractivity contribution is 6.32. The molecule has 2 aromatic heterocycles. The van der Waals surface area contributed by atoms with Crippen molar-refractivity contribution in [1.82, 2.24) is 14.7 Å². The van der Waals surface area contributed by atoms with Gasteiger partial charge in [-0.3, -0.25) is 4.79 Å². The number of aromatic nitrogens is 3. The number of carboxylic acids is 1. The molecular formula is C25H24ClN3O4. The maximum Gasteiger partial charge on any atom is 0.309 e. The highest BCUT2D eigenvalue weighted by Crippen LogP contribution is 2.60. The molecule has 0 aliphatic heterocycles. The Morgan fingerprint density at radius 2 is 2.12 bits per heavy atom. The Kier molecular flexibility index (Phi) is 4.97. The maximum absolute atomic E-state index is 11.7. The second-order valence-corrected chi connectivity index (χ2v) is 9.52. The predicted molar refractivity (Wildman–Crippen MR) is 126 cm³/mol. The van der Waals surface area contributed by atoms with Crippen molar-refractivity contribution in [2.75, 3.05) is 0 Å². The summed E-state index contributed by atoms with van der Waals surface area (Å²) in [5.74, 6) is 0.647. The number of nitrogens with zero attached hydrogens (tertiary/aromatic N) is 3. The van der Waals surface area contributed by atoms with E-state index < -0.39 is 11.4 Å². The molecule has 0 spiro atoms. The molecule has 1 aliphatic carbocycles. The lowest BCUT2D eigenvalue weighted by Gasteiger charge is -2.11. The molecule has 2 atom stereocenters. The third kappa shape index (κ3) is 3.56. The van der Waals surface area contributed by atoms with Gasteiger partial charge in [0.1, 0.15) is 5.75 Å². The van der Waals surface area contributed by atoms with Crippen LogP contribution in [0.15, 0.2) is 47.1 Å². The number of fused-ring (bicyclic) bond motifs is 1. The number of aliphatic carboxylic acids is 1. The number of ether oxygens (including phenoxy) is 1. The smallest absolute Gasteiger partial charge is 0.309 e. The highest BCUT2D eigenvalue weighted by atomic mass is 35.5. The summed E-state index contributed by atoms with van der Waals surface area (Å²) in [7, 11) is 1.95. The van der Waals surface area contributed by atoms with Crippen molar-refractivity contribution in [1.29, 1.82) is 0 Å². The van der Waals surface area contributed by atoms with E-state index in [4.69, 9.17) is 20.9 Å². The number of carboxylic acid groups (broad SMARTS) is 1. The number of rotatable bonds is 6. The van der Waals surface area contributed by atoms with E-state index in [0.717, 1.165) is 22.0 Å². The monoisotopic (exact) mass is 465 g/mol. The van der Waals surface area contributed by atoms with Gasteiger partial charge < -0.3 is 18.9 Å². The molecule has 4 aromatic rings. The third-order valence-electron chi connectivity index (χ3n) is 6.34. The molecule has 1 aliphatic rings. The SMILES string of the molecule is CC(C)Oc1ccc(-c2nc(-c3cccc4c(C5CC5(C)C(=O)O)cn(C)c34)no2)cc1Cl. The largest absolute Gasteiger partial charge is 0.489 e. The van der Waals surface area contributed by atoms with E-state index in [-0.39, 0.29) is 12.0 Å². The van der Waals surface area contributed by atoms with Crippen LogP contribution in [0.25, 0.3) is 33.7 Å². The Hall–Kier alpha value is -3.32. The lowest BCUT2D eigenvalue weighted by molar-refractivity contribution is -0.142. The number of carbonyl (C=O) groups is 1. The van der Waals surface area contributed by atoms with Gasteiger partial charge in [0.25, 0.3) is 5.89 Å². The summed E-state index contributed by atoms with van der Waals surface area (Å²) < 4.78 is 13.2. The van der Waals surface area contributed by atoms with E-state index in [1.165, 1.54) is 0 Å². The predicted octanol–water partition coefficient (Wildman–Crippen LogP) is 5.91. The normalized spacial score (nSPS) is 19.9. The number of aryl methyl sites for hydroxylation is 1. The molecule has 1 N–H and O–H groups in total. The maximum atomic E-state index is 11.7. The average molecular weight is 466 g/mol. The molecule has 0 saturated heterocycles. The zero-order valence-corrected chi connectivity index (χ0v) is 19.6. The summed E-state index contributed by atoms with van der Waals surface area (Å²) in [6.07, 6.45) is 2.67. The van der Waals surface area contributed by atoms with Gasteiger partial charge in [0, 0.05) is 35.7 Å². The van der Waals surface area contributed by atoms with E-state index in [0.29, 0.717) is 34.5 Å².